The SMILES string of the molecule is CCc1nc(Cl)ccc1OC1CC1. The van der Waals surface area contributed by atoms with Crippen molar-refractivity contribution >= 4 is 11.6 Å². The van der Waals surface area contributed by atoms with E-state index < -0.39 is 0 Å². The number of hydrogen-bond acceptors (Lipinski definition) is 2. The van der Waals surface area contributed by atoms with E-state index in [0.717, 1.165) is 17.9 Å². The molecule has 0 unspecified atom stereocenters. The van der Waals surface area contributed by atoms with Gasteiger partial charge in [-0.15, -0.1) is 0 Å². The molecule has 0 spiro atoms. The van der Waals surface area contributed by atoms with Crippen LogP contribution < -0.4 is 4.74 Å². The summed E-state index contributed by atoms with van der Waals surface area (Å²) < 4.78 is 5.68. The van der Waals surface area contributed by atoms with Gasteiger partial charge in [0.2, 0.25) is 0 Å². The Balaban J connectivity index is 2.21. The minimum Gasteiger partial charge on any atom is -0.489 e. The number of aryl methyl sites for hydroxylation is 1. The highest BCUT2D eigenvalue weighted by Crippen LogP contribution is 2.29. The second-order valence-corrected chi connectivity index (χ2v) is 3.64. The van der Waals surface area contributed by atoms with Crippen molar-refractivity contribution in [2.24, 2.45) is 0 Å². The lowest BCUT2D eigenvalue weighted by atomic mass is 10.3. The van der Waals surface area contributed by atoms with Crippen LogP contribution in [0, 0.1) is 0 Å². The second kappa shape index (κ2) is 3.54. The summed E-state index contributed by atoms with van der Waals surface area (Å²) in [5.41, 5.74) is 0.958. The van der Waals surface area contributed by atoms with Gasteiger partial charge in [-0.05, 0) is 31.4 Å². The summed E-state index contributed by atoms with van der Waals surface area (Å²) in [4.78, 5) is 4.21. The predicted octanol–water partition coefficient (Wildman–Crippen LogP) is 2.84. The summed E-state index contributed by atoms with van der Waals surface area (Å²) in [6.07, 6.45) is 3.63. The van der Waals surface area contributed by atoms with Crippen molar-refractivity contribution in [1.29, 1.82) is 0 Å². The highest BCUT2D eigenvalue weighted by molar-refractivity contribution is 6.29. The third-order valence-corrected chi connectivity index (χ3v) is 2.26. The van der Waals surface area contributed by atoms with Gasteiger partial charge >= 0.3 is 0 Å². The summed E-state index contributed by atoms with van der Waals surface area (Å²) in [5.74, 6) is 0.898. The first-order chi connectivity index (χ1) is 6.29. The maximum absolute atomic E-state index is 5.78. The minimum atomic E-state index is 0.424. The minimum absolute atomic E-state index is 0.424. The molecule has 70 valence electrons. The van der Waals surface area contributed by atoms with E-state index >= 15 is 0 Å². The zero-order valence-electron chi connectivity index (χ0n) is 7.59. The number of rotatable bonds is 3. The van der Waals surface area contributed by atoms with Crippen molar-refractivity contribution in [3.63, 3.8) is 0 Å². The molecule has 1 fully saturated rings. The summed E-state index contributed by atoms with van der Waals surface area (Å²) in [7, 11) is 0. The molecule has 3 heteroatoms. The Kier molecular flexibility index (Phi) is 2.40. The van der Waals surface area contributed by atoms with Gasteiger partial charge in [-0.25, -0.2) is 4.98 Å². The molecule has 1 saturated carbocycles. The van der Waals surface area contributed by atoms with Gasteiger partial charge in [-0.1, -0.05) is 18.5 Å². The lowest BCUT2D eigenvalue weighted by Crippen LogP contribution is -2.00. The van der Waals surface area contributed by atoms with Crippen molar-refractivity contribution in [3.8, 4) is 5.75 Å². The molecular weight excluding hydrogens is 186 g/mol. The highest BCUT2D eigenvalue weighted by atomic mass is 35.5. The van der Waals surface area contributed by atoms with Gasteiger partial charge in [0.15, 0.2) is 0 Å². The van der Waals surface area contributed by atoms with E-state index in [0.29, 0.717) is 11.3 Å². The van der Waals surface area contributed by atoms with E-state index in [4.69, 9.17) is 16.3 Å². The Hall–Kier alpha value is -0.760. The zero-order valence-corrected chi connectivity index (χ0v) is 8.34. The first kappa shape index (κ1) is 8.82. The molecule has 2 rings (SSSR count). The van der Waals surface area contributed by atoms with Gasteiger partial charge in [-0.2, -0.15) is 0 Å². The summed E-state index contributed by atoms with van der Waals surface area (Å²) in [5, 5.41) is 0.542. The summed E-state index contributed by atoms with van der Waals surface area (Å²) in [6.45, 7) is 2.05. The van der Waals surface area contributed by atoms with E-state index in [2.05, 4.69) is 11.9 Å². The van der Waals surface area contributed by atoms with E-state index in [9.17, 15) is 0 Å². The highest BCUT2D eigenvalue weighted by Gasteiger charge is 2.24. The van der Waals surface area contributed by atoms with Crippen molar-refractivity contribution < 1.29 is 4.74 Å². The van der Waals surface area contributed by atoms with E-state index in [1.54, 1.807) is 6.07 Å². The van der Waals surface area contributed by atoms with E-state index in [1.165, 1.54) is 12.8 Å². The molecule has 0 radical (unpaired) electrons. The van der Waals surface area contributed by atoms with Gasteiger partial charge in [0.25, 0.3) is 0 Å². The molecule has 1 aliphatic carbocycles. The number of aromatic nitrogens is 1. The van der Waals surface area contributed by atoms with Crippen LogP contribution in [0.5, 0.6) is 5.75 Å². The van der Waals surface area contributed by atoms with Crippen LogP contribution in [0.4, 0.5) is 0 Å². The predicted molar refractivity (Wildman–Crippen MR) is 52.3 cm³/mol. The fraction of sp³-hybridized carbons (Fsp3) is 0.500. The van der Waals surface area contributed by atoms with Gasteiger partial charge < -0.3 is 4.74 Å². The largest absolute Gasteiger partial charge is 0.489 e. The molecule has 0 aliphatic heterocycles. The molecule has 13 heavy (non-hydrogen) atoms. The van der Waals surface area contributed by atoms with Crippen LogP contribution in [0.15, 0.2) is 12.1 Å². The van der Waals surface area contributed by atoms with Crippen LogP contribution in [0.2, 0.25) is 5.15 Å². The quantitative estimate of drug-likeness (QED) is 0.696. The first-order valence-electron chi connectivity index (χ1n) is 4.61. The second-order valence-electron chi connectivity index (χ2n) is 3.25. The fourth-order valence-corrected chi connectivity index (χ4v) is 1.35. The number of halogens is 1. The average Bonchev–Trinajstić information content (AvgIpc) is 2.92. The Morgan fingerprint density at radius 3 is 2.92 bits per heavy atom. The molecule has 1 aromatic rings. The maximum atomic E-state index is 5.78. The molecule has 0 atom stereocenters. The number of nitrogens with zero attached hydrogens (tertiary/aromatic N) is 1. The Morgan fingerprint density at radius 1 is 1.54 bits per heavy atom. The Labute approximate surface area is 82.9 Å². The van der Waals surface area contributed by atoms with Crippen LogP contribution in [0.1, 0.15) is 25.5 Å². The Morgan fingerprint density at radius 2 is 2.31 bits per heavy atom. The van der Waals surface area contributed by atoms with Crippen LogP contribution >= 0.6 is 11.6 Å². The van der Waals surface area contributed by atoms with Crippen molar-refractivity contribution in [3.05, 3.63) is 23.0 Å². The molecule has 2 nitrogen and oxygen atoms in total. The van der Waals surface area contributed by atoms with E-state index in [-0.39, 0.29) is 0 Å². The lowest BCUT2D eigenvalue weighted by molar-refractivity contribution is 0.298. The van der Waals surface area contributed by atoms with Crippen molar-refractivity contribution in [2.45, 2.75) is 32.3 Å². The molecule has 0 aromatic carbocycles. The van der Waals surface area contributed by atoms with Gasteiger partial charge in [-0.3, -0.25) is 0 Å². The molecule has 1 aromatic heterocycles. The molecule has 1 heterocycles. The summed E-state index contributed by atoms with van der Waals surface area (Å²) in [6, 6.07) is 3.69. The molecule has 0 bridgehead atoms. The summed E-state index contributed by atoms with van der Waals surface area (Å²) >= 11 is 5.78. The molecule has 0 N–H and O–H groups in total. The maximum Gasteiger partial charge on any atom is 0.141 e. The first-order valence-corrected chi connectivity index (χ1v) is 4.99. The third kappa shape index (κ3) is 2.13. The third-order valence-electron chi connectivity index (χ3n) is 2.05. The van der Waals surface area contributed by atoms with Crippen molar-refractivity contribution in [1.82, 2.24) is 4.98 Å². The normalized spacial score (nSPS) is 15.8. The van der Waals surface area contributed by atoms with Crippen LogP contribution in [0.25, 0.3) is 0 Å². The molecular formula is C10H12ClNO. The number of hydrogen-bond donors (Lipinski definition) is 0. The van der Waals surface area contributed by atoms with Crippen LogP contribution in [-0.2, 0) is 6.42 Å². The van der Waals surface area contributed by atoms with Gasteiger partial charge in [0, 0.05) is 0 Å². The van der Waals surface area contributed by atoms with Gasteiger partial charge in [0.05, 0.1) is 11.8 Å². The Bertz CT molecular complexity index is 310. The molecule has 0 amide bonds. The molecule has 0 saturated heterocycles. The van der Waals surface area contributed by atoms with Crippen LogP contribution in [0.3, 0.4) is 0 Å². The van der Waals surface area contributed by atoms with Crippen molar-refractivity contribution in [2.75, 3.05) is 0 Å². The van der Waals surface area contributed by atoms with Gasteiger partial charge in [0.1, 0.15) is 10.9 Å². The van der Waals surface area contributed by atoms with E-state index in [1.807, 2.05) is 6.07 Å². The number of pyridine rings is 1. The smallest absolute Gasteiger partial charge is 0.141 e. The fourth-order valence-electron chi connectivity index (χ4n) is 1.19. The monoisotopic (exact) mass is 197 g/mol. The molecule has 1 aliphatic rings. The standard InChI is InChI=1S/C10H12ClNO/c1-2-8-9(13-7-3-4-7)5-6-10(11)12-8/h5-7H,2-4H2,1H3. The number of ether oxygens (including phenoxy) is 1. The topological polar surface area (TPSA) is 22.1 Å². The lowest BCUT2D eigenvalue weighted by Gasteiger charge is -2.08. The average molecular weight is 198 g/mol. The zero-order chi connectivity index (χ0) is 9.26. The van der Waals surface area contributed by atoms with Crippen LogP contribution in [-0.4, -0.2) is 11.1 Å².